The van der Waals surface area contributed by atoms with Gasteiger partial charge in [0, 0.05) is 30.3 Å². The van der Waals surface area contributed by atoms with E-state index in [0.717, 1.165) is 6.07 Å². The van der Waals surface area contributed by atoms with Gasteiger partial charge in [-0.15, -0.1) is 0 Å². The zero-order chi connectivity index (χ0) is 14.6. The van der Waals surface area contributed by atoms with Crippen molar-refractivity contribution in [2.45, 2.75) is 19.4 Å². The van der Waals surface area contributed by atoms with Gasteiger partial charge in [0.05, 0.1) is 10.5 Å². The predicted molar refractivity (Wildman–Crippen MR) is 68.2 cm³/mol. The van der Waals surface area contributed by atoms with Crippen molar-refractivity contribution in [3.63, 3.8) is 0 Å². The molecule has 5 N–H and O–H groups in total. The minimum absolute atomic E-state index is 0.00878. The minimum Gasteiger partial charge on any atom is -0.398 e. The molecule has 1 aromatic rings. The number of nitro benzene ring substituents is 1. The Morgan fingerprint density at radius 1 is 1.47 bits per heavy atom. The van der Waals surface area contributed by atoms with Crippen LogP contribution in [0.2, 0.25) is 0 Å². The van der Waals surface area contributed by atoms with Crippen LogP contribution in [0.25, 0.3) is 0 Å². The van der Waals surface area contributed by atoms with E-state index in [-0.39, 0.29) is 23.4 Å². The first-order valence-corrected chi connectivity index (χ1v) is 5.44. The Labute approximate surface area is 108 Å². The maximum atomic E-state index is 11.9. The Kier molecular flexibility index (Phi) is 4.41. The van der Waals surface area contributed by atoms with Gasteiger partial charge in [0.25, 0.3) is 11.6 Å². The van der Waals surface area contributed by atoms with Gasteiger partial charge in [-0.3, -0.25) is 19.7 Å². The molecule has 102 valence electrons. The highest BCUT2D eigenvalue weighted by molar-refractivity contribution is 6.00. The summed E-state index contributed by atoms with van der Waals surface area (Å²) in [7, 11) is 0. The summed E-state index contributed by atoms with van der Waals surface area (Å²) < 4.78 is 0. The third-order valence-electron chi connectivity index (χ3n) is 2.38. The van der Waals surface area contributed by atoms with Crippen molar-refractivity contribution in [3.8, 4) is 0 Å². The summed E-state index contributed by atoms with van der Waals surface area (Å²) in [5, 5.41) is 13.1. The third kappa shape index (κ3) is 3.95. The molecule has 1 aromatic carbocycles. The molecule has 0 saturated carbocycles. The van der Waals surface area contributed by atoms with Crippen LogP contribution >= 0.6 is 0 Å². The number of nitrogens with two attached hydrogens (primary N) is 2. The highest BCUT2D eigenvalue weighted by Gasteiger charge is 2.17. The first-order valence-electron chi connectivity index (χ1n) is 5.44. The lowest BCUT2D eigenvalue weighted by atomic mass is 10.1. The van der Waals surface area contributed by atoms with E-state index in [1.807, 2.05) is 0 Å². The molecule has 0 aliphatic rings. The number of benzene rings is 1. The Morgan fingerprint density at radius 2 is 2.11 bits per heavy atom. The van der Waals surface area contributed by atoms with E-state index in [1.54, 1.807) is 6.92 Å². The maximum Gasteiger partial charge on any atom is 0.270 e. The summed E-state index contributed by atoms with van der Waals surface area (Å²) in [6.07, 6.45) is -0.0272. The molecule has 2 amide bonds. The fraction of sp³-hybridized carbons (Fsp3) is 0.273. The molecular formula is C11H14N4O4. The number of hydrogen-bond donors (Lipinski definition) is 3. The molecule has 0 aromatic heterocycles. The van der Waals surface area contributed by atoms with Crippen LogP contribution in [-0.2, 0) is 4.79 Å². The van der Waals surface area contributed by atoms with Crippen LogP contribution in [0.3, 0.4) is 0 Å². The van der Waals surface area contributed by atoms with Crippen LogP contribution in [0.1, 0.15) is 23.7 Å². The highest BCUT2D eigenvalue weighted by Crippen LogP contribution is 2.19. The Bertz CT molecular complexity index is 529. The monoisotopic (exact) mass is 266 g/mol. The summed E-state index contributed by atoms with van der Waals surface area (Å²) in [5.41, 5.74) is 10.5. The fourth-order valence-corrected chi connectivity index (χ4v) is 1.51. The molecule has 8 nitrogen and oxygen atoms in total. The lowest BCUT2D eigenvalue weighted by molar-refractivity contribution is -0.384. The summed E-state index contributed by atoms with van der Waals surface area (Å²) >= 11 is 0. The predicted octanol–water partition coefficient (Wildman–Crippen LogP) is 0.171. The largest absolute Gasteiger partial charge is 0.398 e. The number of nitro groups is 1. The molecule has 0 saturated heterocycles. The van der Waals surface area contributed by atoms with E-state index in [9.17, 15) is 19.7 Å². The smallest absolute Gasteiger partial charge is 0.270 e. The average molecular weight is 266 g/mol. The van der Waals surface area contributed by atoms with E-state index < -0.39 is 22.8 Å². The van der Waals surface area contributed by atoms with Crippen LogP contribution in [0.4, 0.5) is 11.4 Å². The second-order valence-electron chi connectivity index (χ2n) is 4.07. The molecule has 0 aliphatic carbocycles. The van der Waals surface area contributed by atoms with Gasteiger partial charge in [-0.2, -0.15) is 0 Å². The quantitative estimate of drug-likeness (QED) is 0.395. The number of non-ortho nitro benzene ring substituents is 1. The van der Waals surface area contributed by atoms with E-state index >= 15 is 0 Å². The average Bonchev–Trinajstić information content (AvgIpc) is 2.27. The molecule has 0 aliphatic heterocycles. The van der Waals surface area contributed by atoms with Crippen molar-refractivity contribution < 1.29 is 14.5 Å². The van der Waals surface area contributed by atoms with Gasteiger partial charge in [-0.05, 0) is 13.0 Å². The van der Waals surface area contributed by atoms with Gasteiger partial charge >= 0.3 is 0 Å². The molecule has 1 atom stereocenters. The summed E-state index contributed by atoms with van der Waals surface area (Å²) in [5.74, 6) is -1.14. The van der Waals surface area contributed by atoms with Crippen LogP contribution in [-0.4, -0.2) is 22.8 Å². The van der Waals surface area contributed by atoms with E-state index in [0.29, 0.717) is 0 Å². The number of hydrogen-bond acceptors (Lipinski definition) is 5. The molecule has 1 rings (SSSR count). The first kappa shape index (κ1) is 14.4. The highest BCUT2D eigenvalue weighted by atomic mass is 16.6. The number of amides is 2. The normalized spacial score (nSPS) is 11.6. The number of nitrogen functional groups attached to an aromatic ring is 1. The zero-order valence-electron chi connectivity index (χ0n) is 10.3. The number of nitrogens with one attached hydrogen (secondary N) is 1. The van der Waals surface area contributed by atoms with Crippen LogP contribution in [0.5, 0.6) is 0 Å². The van der Waals surface area contributed by atoms with Crippen LogP contribution < -0.4 is 16.8 Å². The second kappa shape index (κ2) is 5.80. The number of nitrogens with zero attached hydrogens (tertiary/aromatic N) is 1. The van der Waals surface area contributed by atoms with Crippen molar-refractivity contribution in [3.05, 3.63) is 33.9 Å². The minimum atomic E-state index is -0.622. The van der Waals surface area contributed by atoms with Crippen LogP contribution in [0, 0.1) is 10.1 Å². The molecule has 0 bridgehead atoms. The number of rotatable bonds is 5. The first-order chi connectivity index (χ1) is 8.81. The fourth-order valence-electron chi connectivity index (χ4n) is 1.51. The van der Waals surface area contributed by atoms with Gasteiger partial charge in [-0.1, -0.05) is 0 Å². The summed E-state index contributed by atoms with van der Waals surface area (Å²) in [6.45, 7) is 1.59. The maximum absolute atomic E-state index is 11.9. The van der Waals surface area contributed by atoms with Gasteiger partial charge in [0.15, 0.2) is 0 Å². The summed E-state index contributed by atoms with van der Waals surface area (Å²) in [6, 6.07) is 3.09. The number of carbonyl (C=O) groups is 2. The molecule has 19 heavy (non-hydrogen) atoms. The SMILES string of the molecule is CC(CC(N)=O)NC(=O)c1cc([N+](=O)[O-])ccc1N. The molecule has 0 fully saturated rings. The van der Waals surface area contributed by atoms with Gasteiger partial charge in [0.2, 0.25) is 5.91 Å². The molecule has 0 radical (unpaired) electrons. The van der Waals surface area contributed by atoms with Crippen molar-refractivity contribution in [1.82, 2.24) is 5.32 Å². The third-order valence-corrected chi connectivity index (χ3v) is 2.38. The Hall–Kier alpha value is -2.64. The standard InChI is InChI=1S/C11H14N4O4/c1-6(4-10(13)16)14-11(17)8-5-7(15(18)19)2-3-9(8)12/h2-3,5-6H,4,12H2,1H3,(H2,13,16)(H,14,17). The van der Waals surface area contributed by atoms with E-state index in [2.05, 4.69) is 5.32 Å². The zero-order valence-corrected chi connectivity index (χ0v) is 10.3. The van der Waals surface area contributed by atoms with E-state index in [4.69, 9.17) is 11.5 Å². The molecule has 1 unspecified atom stereocenters. The second-order valence-corrected chi connectivity index (χ2v) is 4.07. The van der Waals surface area contributed by atoms with Gasteiger partial charge in [-0.25, -0.2) is 0 Å². The number of anilines is 1. The van der Waals surface area contributed by atoms with E-state index in [1.165, 1.54) is 12.1 Å². The molecular weight excluding hydrogens is 252 g/mol. The van der Waals surface area contributed by atoms with Crippen molar-refractivity contribution in [1.29, 1.82) is 0 Å². The lowest BCUT2D eigenvalue weighted by Crippen LogP contribution is -2.36. The van der Waals surface area contributed by atoms with Gasteiger partial charge in [0.1, 0.15) is 0 Å². The molecule has 0 spiro atoms. The van der Waals surface area contributed by atoms with Crippen molar-refractivity contribution >= 4 is 23.2 Å². The topological polar surface area (TPSA) is 141 Å². The van der Waals surface area contributed by atoms with Gasteiger partial charge < -0.3 is 16.8 Å². The summed E-state index contributed by atoms with van der Waals surface area (Å²) in [4.78, 5) is 32.6. The lowest BCUT2D eigenvalue weighted by Gasteiger charge is -2.12. The number of primary amides is 1. The Morgan fingerprint density at radius 3 is 2.63 bits per heavy atom. The molecule has 8 heteroatoms. The van der Waals surface area contributed by atoms with Crippen molar-refractivity contribution in [2.24, 2.45) is 5.73 Å². The Balaban J connectivity index is 2.90. The number of carbonyl (C=O) groups excluding carboxylic acids is 2. The van der Waals surface area contributed by atoms with Crippen LogP contribution in [0.15, 0.2) is 18.2 Å². The van der Waals surface area contributed by atoms with Crippen molar-refractivity contribution in [2.75, 3.05) is 5.73 Å². The molecule has 0 heterocycles.